The maximum atomic E-state index is 9.88. The number of carbonyl (C=O) groups excluding carboxylic acids is 1. The molecule has 0 aliphatic carbocycles. The summed E-state index contributed by atoms with van der Waals surface area (Å²) >= 11 is 0. The van der Waals surface area contributed by atoms with Crippen molar-refractivity contribution in [1.29, 1.82) is 0 Å². The Balaban J connectivity index is 0. The monoisotopic (exact) mass is 139 g/mol. The first-order valence-electron chi connectivity index (χ1n) is 1.99. The number of nitrogens with one attached hydrogen (secondary N) is 1. The van der Waals surface area contributed by atoms with Gasteiger partial charge in [-0.05, 0) is 0 Å². The Morgan fingerprint density at radius 3 is 2.25 bits per heavy atom. The van der Waals surface area contributed by atoms with E-state index in [-0.39, 0.29) is 18.3 Å². The third-order valence-electron chi connectivity index (χ3n) is 0.516. The van der Waals surface area contributed by atoms with Gasteiger partial charge in [0.15, 0.2) is 0 Å². The molecule has 4 nitrogen and oxygen atoms in total. The van der Waals surface area contributed by atoms with Gasteiger partial charge >= 0.3 is 0 Å². The number of halogens is 1. The van der Waals surface area contributed by atoms with Crippen molar-refractivity contribution >= 4 is 18.3 Å². The van der Waals surface area contributed by atoms with Crippen LogP contribution in [0.3, 0.4) is 0 Å². The maximum absolute atomic E-state index is 9.88. The summed E-state index contributed by atoms with van der Waals surface area (Å²) in [5, 5.41) is 0. The summed E-state index contributed by atoms with van der Waals surface area (Å²) in [5.41, 5.74) is 7.04. The first kappa shape index (κ1) is 10.6. The van der Waals surface area contributed by atoms with Crippen LogP contribution in [0, 0.1) is 0 Å². The summed E-state index contributed by atoms with van der Waals surface area (Å²) in [7, 11) is 0. The van der Waals surface area contributed by atoms with Crippen molar-refractivity contribution in [2.24, 2.45) is 11.6 Å². The van der Waals surface area contributed by atoms with Crippen molar-refractivity contribution in [3.63, 3.8) is 0 Å². The zero-order chi connectivity index (χ0) is 5.70. The van der Waals surface area contributed by atoms with Crippen LogP contribution in [0.1, 0.15) is 6.42 Å². The lowest BCUT2D eigenvalue weighted by molar-refractivity contribution is -0.117. The van der Waals surface area contributed by atoms with Gasteiger partial charge in [-0.2, -0.15) is 0 Å². The second kappa shape index (κ2) is 6.68. The minimum absolute atomic E-state index is 0. The topological polar surface area (TPSA) is 81.1 Å². The number of hydrogen-bond donors (Lipinski definition) is 3. The average Bonchev–Trinajstić information content (AvgIpc) is 1.61. The van der Waals surface area contributed by atoms with Gasteiger partial charge in [-0.1, -0.05) is 0 Å². The summed E-state index contributed by atoms with van der Waals surface area (Å²) in [6.45, 7) is 0.454. The van der Waals surface area contributed by atoms with Crippen LogP contribution in [-0.4, -0.2) is 12.5 Å². The molecule has 5 heteroatoms. The molecule has 0 aromatic carbocycles. The van der Waals surface area contributed by atoms with Gasteiger partial charge < -0.3 is 5.73 Å². The fourth-order valence-corrected chi connectivity index (χ4v) is 0.195. The number of rotatable bonds is 3. The van der Waals surface area contributed by atoms with Crippen molar-refractivity contribution in [1.82, 2.24) is 5.43 Å². The zero-order valence-corrected chi connectivity index (χ0v) is 5.20. The molecule has 0 bridgehead atoms. The van der Waals surface area contributed by atoms with E-state index in [0.717, 1.165) is 0 Å². The molecule has 0 aromatic rings. The maximum Gasteiger partial charge on any atom is 0.218 e. The number of primary amides is 1. The van der Waals surface area contributed by atoms with E-state index in [1.807, 2.05) is 0 Å². The summed E-state index contributed by atoms with van der Waals surface area (Å²) in [5.74, 6) is 4.48. The molecular weight excluding hydrogens is 130 g/mol. The Morgan fingerprint density at radius 2 is 2.12 bits per heavy atom. The van der Waals surface area contributed by atoms with Gasteiger partial charge in [-0.3, -0.25) is 16.1 Å². The Hall–Kier alpha value is -0.320. The second-order valence-electron chi connectivity index (χ2n) is 1.17. The van der Waals surface area contributed by atoms with Crippen molar-refractivity contribution < 1.29 is 4.79 Å². The normalized spacial score (nSPS) is 7.62. The molecule has 0 fully saturated rings. The van der Waals surface area contributed by atoms with Gasteiger partial charge in [0.1, 0.15) is 0 Å². The number of hydrazine groups is 1. The first-order valence-corrected chi connectivity index (χ1v) is 1.99. The molecule has 0 radical (unpaired) electrons. The quantitative estimate of drug-likeness (QED) is 0.338. The molecule has 0 rings (SSSR count). The molecule has 1 amide bonds. The lowest BCUT2D eigenvalue weighted by atomic mass is 10.4. The Bertz CT molecular complexity index is 67.5. The standard InChI is InChI=1S/C3H9N3O.ClH/c4-3(7)1-2-6-5;/h6H,1-2,5H2,(H2,4,7);1H. The van der Waals surface area contributed by atoms with E-state index in [1.54, 1.807) is 0 Å². The molecule has 8 heavy (non-hydrogen) atoms. The van der Waals surface area contributed by atoms with E-state index in [1.165, 1.54) is 0 Å². The van der Waals surface area contributed by atoms with Gasteiger partial charge in [-0.15, -0.1) is 12.4 Å². The Labute approximate surface area is 54.0 Å². The fraction of sp³-hybridized carbons (Fsp3) is 0.667. The summed E-state index contributed by atoms with van der Waals surface area (Å²) in [4.78, 5) is 9.88. The van der Waals surface area contributed by atoms with E-state index in [4.69, 9.17) is 11.6 Å². The van der Waals surface area contributed by atoms with Crippen LogP contribution >= 0.6 is 12.4 Å². The third-order valence-corrected chi connectivity index (χ3v) is 0.516. The summed E-state index contributed by atoms with van der Waals surface area (Å²) in [6.07, 6.45) is 0.302. The predicted octanol–water partition coefficient (Wildman–Crippen LogP) is -1.25. The lowest BCUT2D eigenvalue weighted by Gasteiger charge is -1.90. The molecule has 50 valence electrons. The van der Waals surface area contributed by atoms with Gasteiger partial charge in [0.05, 0.1) is 0 Å². The molecule has 0 aromatic heterocycles. The highest BCUT2D eigenvalue weighted by Crippen LogP contribution is 1.66. The highest BCUT2D eigenvalue weighted by molar-refractivity contribution is 5.85. The molecule has 0 saturated heterocycles. The zero-order valence-electron chi connectivity index (χ0n) is 4.39. The minimum atomic E-state index is -0.335. The Kier molecular flexibility index (Phi) is 8.87. The van der Waals surface area contributed by atoms with Crippen molar-refractivity contribution in [3.8, 4) is 0 Å². The predicted molar refractivity (Wildman–Crippen MR) is 33.2 cm³/mol. The van der Waals surface area contributed by atoms with Crippen LogP contribution in [-0.2, 0) is 4.79 Å². The molecule has 0 atom stereocenters. The number of nitrogens with two attached hydrogens (primary N) is 2. The van der Waals surface area contributed by atoms with Gasteiger partial charge in [0.25, 0.3) is 0 Å². The van der Waals surface area contributed by atoms with Crippen molar-refractivity contribution in [3.05, 3.63) is 0 Å². The van der Waals surface area contributed by atoms with Crippen LogP contribution in [0.15, 0.2) is 0 Å². The number of hydrogen-bond acceptors (Lipinski definition) is 3. The van der Waals surface area contributed by atoms with E-state index in [9.17, 15) is 4.79 Å². The highest BCUT2D eigenvalue weighted by atomic mass is 35.5. The molecule has 0 saturated carbocycles. The van der Waals surface area contributed by atoms with E-state index < -0.39 is 0 Å². The molecule has 0 aliphatic rings. The number of carbonyl (C=O) groups is 1. The molecule has 0 unspecified atom stereocenters. The van der Waals surface area contributed by atoms with Gasteiger partial charge in [-0.25, -0.2) is 0 Å². The average molecular weight is 140 g/mol. The second-order valence-corrected chi connectivity index (χ2v) is 1.17. The number of amides is 1. The highest BCUT2D eigenvalue weighted by Gasteiger charge is 1.87. The smallest absolute Gasteiger partial charge is 0.218 e. The van der Waals surface area contributed by atoms with Crippen LogP contribution < -0.4 is 17.0 Å². The first-order chi connectivity index (χ1) is 3.27. The minimum Gasteiger partial charge on any atom is -0.370 e. The Morgan fingerprint density at radius 1 is 1.62 bits per heavy atom. The summed E-state index contributed by atoms with van der Waals surface area (Å²) in [6, 6.07) is 0. The summed E-state index contributed by atoms with van der Waals surface area (Å²) < 4.78 is 0. The van der Waals surface area contributed by atoms with Crippen molar-refractivity contribution in [2.75, 3.05) is 6.54 Å². The van der Waals surface area contributed by atoms with E-state index in [2.05, 4.69) is 5.43 Å². The SMILES string of the molecule is Cl.NNCCC(N)=O. The fourth-order valence-electron chi connectivity index (χ4n) is 0.195. The van der Waals surface area contributed by atoms with Crippen LogP contribution in [0.25, 0.3) is 0 Å². The third kappa shape index (κ3) is 9.19. The van der Waals surface area contributed by atoms with Crippen LogP contribution in [0.4, 0.5) is 0 Å². The van der Waals surface area contributed by atoms with Crippen LogP contribution in [0.5, 0.6) is 0 Å². The van der Waals surface area contributed by atoms with Crippen molar-refractivity contribution in [2.45, 2.75) is 6.42 Å². The molecule has 5 N–H and O–H groups in total. The lowest BCUT2D eigenvalue weighted by Crippen LogP contribution is -2.27. The van der Waals surface area contributed by atoms with E-state index in [0.29, 0.717) is 13.0 Å². The largest absolute Gasteiger partial charge is 0.370 e. The molecular formula is C3H10ClN3O. The molecule has 0 heterocycles. The van der Waals surface area contributed by atoms with Gasteiger partial charge in [0, 0.05) is 13.0 Å². The van der Waals surface area contributed by atoms with Gasteiger partial charge in [0.2, 0.25) is 5.91 Å². The van der Waals surface area contributed by atoms with Crippen LogP contribution in [0.2, 0.25) is 0 Å². The molecule has 0 aliphatic heterocycles. The van der Waals surface area contributed by atoms with E-state index >= 15 is 0 Å². The molecule has 0 spiro atoms.